The van der Waals surface area contributed by atoms with Gasteiger partial charge in [0.05, 0.1) is 0 Å². The van der Waals surface area contributed by atoms with Crippen LogP contribution in [0.4, 0.5) is 0 Å². The lowest BCUT2D eigenvalue weighted by Crippen LogP contribution is -2.21. The second-order valence-corrected chi connectivity index (χ2v) is 7.30. The van der Waals surface area contributed by atoms with Crippen molar-refractivity contribution in [2.75, 3.05) is 6.26 Å². The third-order valence-electron chi connectivity index (χ3n) is 2.08. The third kappa shape index (κ3) is 3.29. The molecular weight excluding hydrogens is 280 g/mol. The molecule has 1 rings (SSSR count). The molecule has 0 spiro atoms. The Balaban J connectivity index is 2.95. The van der Waals surface area contributed by atoms with E-state index in [0.29, 0.717) is 5.56 Å². The summed E-state index contributed by atoms with van der Waals surface area (Å²) < 4.78 is 21.4. The highest BCUT2D eigenvalue weighted by Crippen LogP contribution is 2.26. The van der Waals surface area contributed by atoms with Crippen LogP contribution in [0.15, 0.2) is 24.3 Å². The Morgan fingerprint density at radius 1 is 1.27 bits per heavy atom. The van der Waals surface area contributed by atoms with E-state index in [9.17, 15) is 13.5 Å². The van der Waals surface area contributed by atoms with Gasteiger partial charge in [0, 0.05) is 6.26 Å². The molecule has 0 fully saturated rings. The molecule has 84 valence electrons. The Labute approximate surface area is 98.2 Å². The van der Waals surface area contributed by atoms with E-state index in [1.807, 2.05) is 19.1 Å². The van der Waals surface area contributed by atoms with Gasteiger partial charge >= 0.3 is 0 Å². The molecule has 0 aliphatic heterocycles. The van der Waals surface area contributed by atoms with E-state index in [1.165, 1.54) is 0 Å². The summed E-state index contributed by atoms with van der Waals surface area (Å²) in [6, 6.07) is 7.11. The second-order valence-electron chi connectivity index (χ2n) is 3.54. The first kappa shape index (κ1) is 12.7. The van der Waals surface area contributed by atoms with Gasteiger partial charge in [0.25, 0.3) is 0 Å². The molecule has 0 heterocycles. The zero-order valence-electron chi connectivity index (χ0n) is 8.51. The molecule has 1 aromatic carbocycles. The highest BCUT2D eigenvalue weighted by molar-refractivity contribution is 9.11. The van der Waals surface area contributed by atoms with Crippen molar-refractivity contribution >= 4 is 25.8 Å². The largest absolute Gasteiger partial charge is 0.386 e. The van der Waals surface area contributed by atoms with Crippen LogP contribution < -0.4 is 0 Å². The first-order chi connectivity index (χ1) is 6.82. The van der Waals surface area contributed by atoms with Crippen molar-refractivity contribution in [2.24, 2.45) is 0 Å². The van der Waals surface area contributed by atoms with Gasteiger partial charge in [-0.2, -0.15) is 0 Å². The monoisotopic (exact) mass is 292 g/mol. The highest BCUT2D eigenvalue weighted by atomic mass is 79.9. The van der Waals surface area contributed by atoms with Gasteiger partial charge in [-0.3, -0.25) is 0 Å². The van der Waals surface area contributed by atoms with Crippen molar-refractivity contribution in [3.05, 3.63) is 35.4 Å². The van der Waals surface area contributed by atoms with E-state index in [0.717, 1.165) is 11.8 Å². The molecule has 0 aliphatic rings. The summed E-state index contributed by atoms with van der Waals surface area (Å²) in [6.07, 6.45) is 0.0460. The van der Waals surface area contributed by atoms with Crippen molar-refractivity contribution in [1.82, 2.24) is 0 Å². The Bertz CT molecular complexity index is 424. The van der Waals surface area contributed by atoms with Crippen LogP contribution in [-0.2, 0) is 9.84 Å². The minimum absolute atomic E-state index is 0.591. The van der Waals surface area contributed by atoms with Gasteiger partial charge in [-0.15, -0.1) is 0 Å². The molecule has 0 saturated heterocycles. The van der Waals surface area contributed by atoms with E-state index in [1.54, 1.807) is 12.1 Å². The number of sulfone groups is 1. The molecule has 0 radical (unpaired) electrons. The van der Waals surface area contributed by atoms with Gasteiger partial charge in [0.1, 0.15) is 10.3 Å². The Morgan fingerprint density at radius 3 is 2.13 bits per heavy atom. The Hall–Kier alpha value is -0.390. The van der Waals surface area contributed by atoms with Crippen LogP contribution in [0.5, 0.6) is 0 Å². The molecule has 0 amide bonds. The molecule has 0 aliphatic carbocycles. The Kier molecular flexibility index (Phi) is 3.92. The predicted octanol–water partition coefficient (Wildman–Crippen LogP) is 1.79. The number of hydrogen-bond donors (Lipinski definition) is 1. The maximum absolute atomic E-state index is 11.2. The summed E-state index contributed by atoms with van der Waals surface area (Å²) in [6.45, 7) is 1.93. The highest BCUT2D eigenvalue weighted by Gasteiger charge is 2.26. The number of benzene rings is 1. The fourth-order valence-corrected chi connectivity index (χ4v) is 2.08. The molecule has 1 aromatic rings. The van der Waals surface area contributed by atoms with Crippen molar-refractivity contribution < 1.29 is 13.5 Å². The molecule has 0 aromatic heterocycles. The van der Waals surface area contributed by atoms with Gasteiger partial charge < -0.3 is 5.11 Å². The summed E-state index contributed by atoms with van der Waals surface area (Å²) in [5, 5.41) is 9.79. The number of aliphatic hydroxyl groups excluding tert-OH is 1. The molecule has 5 heteroatoms. The summed E-state index contributed by atoms with van der Waals surface area (Å²) in [5.74, 6) is 0. The minimum atomic E-state index is -3.29. The van der Waals surface area contributed by atoms with E-state index >= 15 is 0 Å². The van der Waals surface area contributed by atoms with Crippen molar-refractivity contribution in [3.8, 4) is 0 Å². The average Bonchev–Trinajstić information content (AvgIpc) is 2.15. The number of aryl methyl sites for hydroxylation is 1. The average molecular weight is 293 g/mol. The van der Waals surface area contributed by atoms with E-state index in [4.69, 9.17) is 0 Å². The van der Waals surface area contributed by atoms with Crippen LogP contribution in [0.1, 0.15) is 17.2 Å². The van der Waals surface area contributed by atoms with Gasteiger partial charge in [-0.1, -0.05) is 45.8 Å². The summed E-state index contributed by atoms with van der Waals surface area (Å²) in [4.78, 5) is 0. The minimum Gasteiger partial charge on any atom is -0.386 e. The second kappa shape index (κ2) is 4.63. The zero-order valence-corrected chi connectivity index (χ0v) is 10.9. The van der Waals surface area contributed by atoms with E-state index in [-0.39, 0.29) is 0 Å². The van der Waals surface area contributed by atoms with Gasteiger partial charge in [-0.05, 0) is 12.5 Å². The van der Waals surface area contributed by atoms with Crippen LogP contribution in [0.25, 0.3) is 0 Å². The van der Waals surface area contributed by atoms with E-state index in [2.05, 4.69) is 15.9 Å². The SMILES string of the molecule is Cc1ccc([C@@H](O)[C@@H](Br)S(C)(=O)=O)cc1. The third-order valence-corrected chi connectivity index (χ3v) is 5.69. The lowest BCUT2D eigenvalue weighted by atomic mass is 10.1. The molecular formula is C10H13BrO3S. The van der Waals surface area contributed by atoms with Crippen LogP contribution >= 0.6 is 15.9 Å². The van der Waals surface area contributed by atoms with Gasteiger partial charge in [-0.25, -0.2) is 8.42 Å². The standard InChI is InChI=1S/C10H13BrO3S/c1-7-3-5-8(6-4-7)9(12)10(11)15(2,13)14/h3-6,9-10,12H,1-2H3/t9-,10+/m1/s1. The maximum atomic E-state index is 11.2. The van der Waals surface area contributed by atoms with E-state index < -0.39 is 20.1 Å². The molecule has 15 heavy (non-hydrogen) atoms. The normalized spacial score (nSPS) is 16.0. The quantitative estimate of drug-likeness (QED) is 0.865. The zero-order chi connectivity index (χ0) is 11.6. The number of rotatable bonds is 3. The van der Waals surface area contributed by atoms with Crippen LogP contribution in [-0.4, -0.2) is 23.9 Å². The lowest BCUT2D eigenvalue weighted by Gasteiger charge is -2.16. The van der Waals surface area contributed by atoms with Crippen molar-refractivity contribution in [2.45, 2.75) is 17.2 Å². The topological polar surface area (TPSA) is 54.4 Å². The molecule has 3 nitrogen and oxygen atoms in total. The first-order valence-electron chi connectivity index (χ1n) is 4.40. The smallest absolute Gasteiger partial charge is 0.163 e. The summed E-state index contributed by atoms with van der Waals surface area (Å²) in [7, 11) is -3.29. The molecule has 2 atom stereocenters. The predicted molar refractivity (Wildman–Crippen MR) is 63.7 cm³/mol. The Morgan fingerprint density at radius 2 is 1.73 bits per heavy atom. The molecule has 0 saturated carbocycles. The van der Waals surface area contributed by atoms with Crippen LogP contribution in [0.3, 0.4) is 0 Å². The number of hydrogen-bond acceptors (Lipinski definition) is 3. The van der Waals surface area contributed by atoms with Gasteiger partial charge in [0.15, 0.2) is 9.84 Å². The van der Waals surface area contributed by atoms with Gasteiger partial charge in [0.2, 0.25) is 0 Å². The summed E-state index contributed by atoms with van der Waals surface area (Å²) >= 11 is 2.98. The first-order valence-corrected chi connectivity index (χ1v) is 7.27. The number of halogens is 1. The molecule has 0 unspecified atom stereocenters. The fourth-order valence-electron chi connectivity index (χ4n) is 1.15. The molecule has 1 N–H and O–H groups in total. The number of aliphatic hydroxyl groups is 1. The molecule has 0 bridgehead atoms. The van der Waals surface area contributed by atoms with Crippen LogP contribution in [0, 0.1) is 6.92 Å². The fraction of sp³-hybridized carbons (Fsp3) is 0.400. The van der Waals surface area contributed by atoms with Crippen LogP contribution in [0.2, 0.25) is 0 Å². The van der Waals surface area contributed by atoms with Crippen molar-refractivity contribution in [3.63, 3.8) is 0 Å². The summed E-state index contributed by atoms with van der Waals surface area (Å²) in [5.41, 5.74) is 1.66. The number of alkyl halides is 1. The van der Waals surface area contributed by atoms with Crippen molar-refractivity contribution in [1.29, 1.82) is 0 Å². The lowest BCUT2D eigenvalue weighted by molar-refractivity contribution is 0.195. The maximum Gasteiger partial charge on any atom is 0.163 e.